The Bertz CT molecular complexity index is 453. The van der Waals surface area contributed by atoms with E-state index in [0.717, 1.165) is 12.8 Å². The van der Waals surface area contributed by atoms with Crippen LogP contribution in [0.1, 0.15) is 49.9 Å². The molecule has 0 N–H and O–H groups in total. The quantitative estimate of drug-likeness (QED) is 0.773. The summed E-state index contributed by atoms with van der Waals surface area (Å²) < 4.78 is 11.3. The summed E-state index contributed by atoms with van der Waals surface area (Å²) in [7, 11) is 1.58. The number of methoxy groups -OCH3 is 1. The molecule has 1 aromatic rings. The highest BCUT2D eigenvalue weighted by Gasteiger charge is 2.23. The molecular weight excluding hydrogens is 240 g/mol. The second-order valence-corrected chi connectivity index (χ2v) is 5.40. The van der Waals surface area contributed by atoms with E-state index in [2.05, 4.69) is 6.92 Å². The molecule has 0 saturated heterocycles. The lowest BCUT2D eigenvalue weighted by atomic mass is 9.88. The van der Waals surface area contributed by atoms with E-state index in [1.54, 1.807) is 20.1 Å². The molecule has 104 valence electrons. The first kappa shape index (κ1) is 13.9. The molecule has 1 fully saturated rings. The van der Waals surface area contributed by atoms with Crippen LogP contribution in [0.2, 0.25) is 0 Å². The summed E-state index contributed by atoms with van der Waals surface area (Å²) in [5.41, 5.74) is 0.559. The van der Waals surface area contributed by atoms with Crippen molar-refractivity contribution in [3.05, 3.63) is 23.8 Å². The second-order valence-electron chi connectivity index (χ2n) is 5.40. The summed E-state index contributed by atoms with van der Waals surface area (Å²) in [5, 5.41) is 0. The van der Waals surface area contributed by atoms with Crippen molar-refractivity contribution in [2.45, 2.75) is 45.6 Å². The van der Waals surface area contributed by atoms with Gasteiger partial charge in [0.25, 0.3) is 0 Å². The fourth-order valence-corrected chi connectivity index (χ4v) is 2.79. The molecule has 0 spiro atoms. The number of benzene rings is 1. The SMILES string of the molecule is COc1cccc(OC2CCCC(C)C2)c1C(C)=O. The topological polar surface area (TPSA) is 35.5 Å². The number of ether oxygens (including phenoxy) is 2. The summed E-state index contributed by atoms with van der Waals surface area (Å²) >= 11 is 0. The molecule has 0 heterocycles. The van der Waals surface area contributed by atoms with Crippen molar-refractivity contribution in [1.29, 1.82) is 0 Å². The van der Waals surface area contributed by atoms with Gasteiger partial charge in [-0.05, 0) is 44.2 Å². The lowest BCUT2D eigenvalue weighted by Gasteiger charge is -2.28. The molecular formula is C16H22O3. The zero-order valence-electron chi connectivity index (χ0n) is 11.9. The van der Waals surface area contributed by atoms with Crippen molar-refractivity contribution in [3.63, 3.8) is 0 Å². The number of carbonyl (C=O) groups is 1. The Kier molecular flexibility index (Phi) is 4.46. The van der Waals surface area contributed by atoms with Gasteiger partial charge in [0.15, 0.2) is 5.78 Å². The number of hydrogen-bond donors (Lipinski definition) is 0. The summed E-state index contributed by atoms with van der Waals surface area (Å²) in [5.74, 6) is 1.93. The Balaban J connectivity index is 2.21. The number of Topliss-reactive ketones (excluding diaryl/α,β-unsaturated/α-hetero) is 1. The highest BCUT2D eigenvalue weighted by atomic mass is 16.5. The van der Waals surface area contributed by atoms with E-state index in [0.29, 0.717) is 23.0 Å². The molecule has 2 atom stereocenters. The molecule has 0 aliphatic heterocycles. The zero-order valence-corrected chi connectivity index (χ0v) is 11.9. The van der Waals surface area contributed by atoms with Gasteiger partial charge in [-0.25, -0.2) is 0 Å². The normalized spacial score (nSPS) is 22.9. The van der Waals surface area contributed by atoms with Gasteiger partial charge in [-0.1, -0.05) is 19.4 Å². The van der Waals surface area contributed by atoms with E-state index in [1.807, 2.05) is 12.1 Å². The molecule has 1 aromatic carbocycles. The van der Waals surface area contributed by atoms with E-state index >= 15 is 0 Å². The summed E-state index contributed by atoms with van der Waals surface area (Å²) in [6.45, 7) is 3.81. The van der Waals surface area contributed by atoms with Crippen molar-refractivity contribution in [3.8, 4) is 11.5 Å². The van der Waals surface area contributed by atoms with Gasteiger partial charge in [-0.2, -0.15) is 0 Å². The van der Waals surface area contributed by atoms with Gasteiger partial charge in [-0.3, -0.25) is 4.79 Å². The van der Waals surface area contributed by atoms with E-state index < -0.39 is 0 Å². The van der Waals surface area contributed by atoms with E-state index in [1.165, 1.54) is 12.8 Å². The average molecular weight is 262 g/mol. The van der Waals surface area contributed by atoms with Crippen LogP contribution in [0, 0.1) is 5.92 Å². The molecule has 3 nitrogen and oxygen atoms in total. The largest absolute Gasteiger partial charge is 0.496 e. The van der Waals surface area contributed by atoms with Gasteiger partial charge in [0, 0.05) is 0 Å². The van der Waals surface area contributed by atoms with Gasteiger partial charge in [0.1, 0.15) is 17.1 Å². The maximum Gasteiger partial charge on any atom is 0.167 e. The van der Waals surface area contributed by atoms with Crippen LogP contribution < -0.4 is 9.47 Å². The van der Waals surface area contributed by atoms with Crippen molar-refractivity contribution >= 4 is 5.78 Å². The van der Waals surface area contributed by atoms with Gasteiger partial charge < -0.3 is 9.47 Å². The number of carbonyl (C=O) groups excluding carboxylic acids is 1. The van der Waals surface area contributed by atoms with Crippen LogP contribution in [0.3, 0.4) is 0 Å². The predicted molar refractivity (Wildman–Crippen MR) is 75.0 cm³/mol. The van der Waals surface area contributed by atoms with Crippen molar-refractivity contribution in [2.75, 3.05) is 7.11 Å². The molecule has 0 amide bonds. The zero-order chi connectivity index (χ0) is 13.8. The Morgan fingerprint density at radius 2 is 2.00 bits per heavy atom. The third-order valence-electron chi connectivity index (χ3n) is 3.74. The molecule has 1 aliphatic carbocycles. The molecule has 1 saturated carbocycles. The second kappa shape index (κ2) is 6.09. The van der Waals surface area contributed by atoms with Crippen molar-refractivity contribution in [2.24, 2.45) is 5.92 Å². The third-order valence-corrected chi connectivity index (χ3v) is 3.74. The van der Waals surface area contributed by atoms with Crippen LogP contribution in [-0.4, -0.2) is 19.0 Å². The minimum atomic E-state index is -0.0173. The van der Waals surface area contributed by atoms with Gasteiger partial charge >= 0.3 is 0 Å². The first-order valence-corrected chi connectivity index (χ1v) is 6.96. The van der Waals surface area contributed by atoms with Crippen molar-refractivity contribution in [1.82, 2.24) is 0 Å². The number of hydrogen-bond acceptors (Lipinski definition) is 3. The highest BCUT2D eigenvalue weighted by Crippen LogP contribution is 2.33. The smallest absolute Gasteiger partial charge is 0.167 e. The van der Waals surface area contributed by atoms with Crippen LogP contribution in [0.4, 0.5) is 0 Å². The minimum absolute atomic E-state index is 0.0173. The Morgan fingerprint density at radius 1 is 1.26 bits per heavy atom. The monoisotopic (exact) mass is 262 g/mol. The molecule has 0 radical (unpaired) electrons. The van der Waals surface area contributed by atoms with Crippen LogP contribution in [-0.2, 0) is 0 Å². The Labute approximate surface area is 114 Å². The molecule has 3 heteroatoms. The molecule has 0 bridgehead atoms. The van der Waals surface area contributed by atoms with Crippen molar-refractivity contribution < 1.29 is 14.3 Å². The molecule has 2 rings (SSSR count). The maximum absolute atomic E-state index is 11.8. The number of ketones is 1. The average Bonchev–Trinajstić information content (AvgIpc) is 2.38. The lowest BCUT2D eigenvalue weighted by Crippen LogP contribution is -2.24. The summed E-state index contributed by atoms with van der Waals surface area (Å²) in [6.07, 6.45) is 4.82. The Hall–Kier alpha value is -1.51. The summed E-state index contributed by atoms with van der Waals surface area (Å²) in [4.78, 5) is 11.8. The maximum atomic E-state index is 11.8. The molecule has 1 aliphatic rings. The fourth-order valence-electron chi connectivity index (χ4n) is 2.79. The third kappa shape index (κ3) is 3.28. The predicted octanol–water partition coefficient (Wildman–Crippen LogP) is 3.86. The summed E-state index contributed by atoms with van der Waals surface area (Å²) in [6, 6.07) is 5.53. The fraction of sp³-hybridized carbons (Fsp3) is 0.562. The van der Waals surface area contributed by atoms with Crippen LogP contribution >= 0.6 is 0 Å². The molecule has 2 unspecified atom stereocenters. The van der Waals surface area contributed by atoms with Gasteiger partial charge in [-0.15, -0.1) is 0 Å². The lowest BCUT2D eigenvalue weighted by molar-refractivity contribution is 0.0989. The van der Waals surface area contributed by atoms with Crippen LogP contribution in [0.25, 0.3) is 0 Å². The van der Waals surface area contributed by atoms with Gasteiger partial charge in [0.05, 0.1) is 13.2 Å². The van der Waals surface area contributed by atoms with Crippen LogP contribution in [0.5, 0.6) is 11.5 Å². The minimum Gasteiger partial charge on any atom is -0.496 e. The highest BCUT2D eigenvalue weighted by molar-refractivity contribution is 5.99. The van der Waals surface area contributed by atoms with E-state index in [4.69, 9.17) is 9.47 Å². The van der Waals surface area contributed by atoms with Crippen LogP contribution in [0.15, 0.2) is 18.2 Å². The molecule has 19 heavy (non-hydrogen) atoms. The first-order valence-electron chi connectivity index (χ1n) is 6.96. The number of rotatable bonds is 4. The molecule has 0 aromatic heterocycles. The Morgan fingerprint density at radius 3 is 2.63 bits per heavy atom. The first-order chi connectivity index (χ1) is 9.11. The van der Waals surface area contributed by atoms with E-state index in [9.17, 15) is 4.79 Å². The standard InChI is InChI=1S/C16H22O3/c1-11-6-4-7-13(10-11)19-15-9-5-8-14(18-3)16(15)12(2)17/h5,8-9,11,13H,4,6-7,10H2,1-3H3. The van der Waals surface area contributed by atoms with Gasteiger partial charge in [0.2, 0.25) is 0 Å². The van der Waals surface area contributed by atoms with E-state index in [-0.39, 0.29) is 11.9 Å².